The topological polar surface area (TPSA) is 58.1 Å². The van der Waals surface area contributed by atoms with Crippen molar-refractivity contribution in [1.29, 1.82) is 0 Å². The van der Waals surface area contributed by atoms with Crippen LogP contribution < -0.4 is 10.2 Å². The number of amides is 1. The number of rotatable bonds is 3. The van der Waals surface area contributed by atoms with Crippen molar-refractivity contribution in [3.63, 3.8) is 0 Å². The van der Waals surface area contributed by atoms with E-state index in [1.54, 1.807) is 18.1 Å². The molecule has 0 saturated carbocycles. The van der Waals surface area contributed by atoms with Crippen molar-refractivity contribution in [2.45, 2.75) is 0 Å². The standard InChI is InChI=1S/C8H11IN4O/c1-10-7(14)4-13(2)8-6(9)3-11-5-12-8/h3,5H,4H2,1-2H3,(H,10,14). The molecule has 0 aromatic carbocycles. The monoisotopic (exact) mass is 306 g/mol. The zero-order chi connectivity index (χ0) is 10.6. The number of likely N-dealkylation sites (N-methyl/N-ethyl adjacent to an activating group) is 2. The number of hydrogen-bond acceptors (Lipinski definition) is 4. The summed E-state index contributed by atoms with van der Waals surface area (Å²) in [5.74, 6) is 0.728. The van der Waals surface area contributed by atoms with Crippen LogP contribution >= 0.6 is 22.6 Å². The Balaban J connectivity index is 2.74. The van der Waals surface area contributed by atoms with E-state index in [0.29, 0.717) is 6.54 Å². The molecular weight excluding hydrogens is 295 g/mol. The van der Waals surface area contributed by atoms with Crippen molar-refractivity contribution >= 4 is 34.3 Å². The van der Waals surface area contributed by atoms with Crippen LogP contribution in [0.4, 0.5) is 5.82 Å². The molecule has 1 aromatic heterocycles. The fourth-order valence-corrected chi connectivity index (χ4v) is 1.67. The van der Waals surface area contributed by atoms with E-state index < -0.39 is 0 Å². The van der Waals surface area contributed by atoms with E-state index in [4.69, 9.17) is 0 Å². The number of halogens is 1. The number of nitrogens with zero attached hydrogens (tertiary/aromatic N) is 3. The molecule has 0 spiro atoms. The van der Waals surface area contributed by atoms with Crippen LogP contribution in [0.25, 0.3) is 0 Å². The second kappa shape index (κ2) is 5.08. The molecule has 0 aliphatic rings. The van der Waals surface area contributed by atoms with Crippen LogP contribution in [-0.4, -0.2) is 36.5 Å². The number of nitrogens with one attached hydrogen (secondary N) is 1. The van der Waals surface area contributed by atoms with Gasteiger partial charge >= 0.3 is 0 Å². The van der Waals surface area contributed by atoms with Crippen LogP contribution in [0.15, 0.2) is 12.5 Å². The van der Waals surface area contributed by atoms with Crippen molar-refractivity contribution in [2.24, 2.45) is 0 Å². The smallest absolute Gasteiger partial charge is 0.239 e. The highest BCUT2D eigenvalue weighted by Crippen LogP contribution is 2.15. The Bertz CT molecular complexity index is 331. The van der Waals surface area contributed by atoms with Crippen molar-refractivity contribution in [1.82, 2.24) is 15.3 Å². The molecule has 1 aromatic rings. The van der Waals surface area contributed by atoms with E-state index in [2.05, 4.69) is 37.9 Å². The highest BCUT2D eigenvalue weighted by Gasteiger charge is 2.09. The summed E-state index contributed by atoms with van der Waals surface area (Å²) in [5.41, 5.74) is 0. The fraction of sp³-hybridized carbons (Fsp3) is 0.375. The molecule has 0 aliphatic carbocycles. The first-order valence-electron chi connectivity index (χ1n) is 4.02. The number of hydrogen-bond donors (Lipinski definition) is 1. The van der Waals surface area contributed by atoms with E-state index in [1.807, 2.05) is 7.05 Å². The lowest BCUT2D eigenvalue weighted by Crippen LogP contribution is -2.33. The van der Waals surface area contributed by atoms with Crippen LogP contribution in [0.3, 0.4) is 0 Å². The Hall–Kier alpha value is -0.920. The van der Waals surface area contributed by atoms with Gasteiger partial charge in [0.2, 0.25) is 5.91 Å². The van der Waals surface area contributed by atoms with Gasteiger partial charge in [0.1, 0.15) is 12.1 Å². The molecule has 14 heavy (non-hydrogen) atoms. The molecule has 1 N–H and O–H groups in total. The zero-order valence-electron chi connectivity index (χ0n) is 7.99. The maximum absolute atomic E-state index is 11.1. The average Bonchev–Trinajstić information content (AvgIpc) is 2.18. The Morgan fingerprint density at radius 2 is 2.43 bits per heavy atom. The van der Waals surface area contributed by atoms with Gasteiger partial charge in [0.25, 0.3) is 0 Å². The highest BCUT2D eigenvalue weighted by molar-refractivity contribution is 14.1. The molecule has 0 saturated heterocycles. The second-order valence-electron chi connectivity index (χ2n) is 2.72. The normalized spacial score (nSPS) is 9.64. The van der Waals surface area contributed by atoms with Gasteiger partial charge in [-0.25, -0.2) is 9.97 Å². The van der Waals surface area contributed by atoms with Gasteiger partial charge < -0.3 is 10.2 Å². The van der Waals surface area contributed by atoms with Crippen molar-refractivity contribution < 1.29 is 4.79 Å². The molecular formula is C8H11IN4O. The van der Waals surface area contributed by atoms with Gasteiger partial charge in [-0.1, -0.05) is 0 Å². The molecule has 0 atom stereocenters. The summed E-state index contributed by atoms with van der Waals surface area (Å²) >= 11 is 2.14. The predicted octanol–water partition coefficient (Wildman–Crippen LogP) is 0.263. The first kappa shape index (κ1) is 11.2. The number of aromatic nitrogens is 2. The quantitative estimate of drug-likeness (QED) is 0.814. The van der Waals surface area contributed by atoms with Crippen molar-refractivity contribution in [2.75, 3.05) is 25.5 Å². The lowest BCUT2D eigenvalue weighted by molar-refractivity contribution is -0.119. The fourth-order valence-electron chi connectivity index (χ4n) is 0.956. The summed E-state index contributed by atoms with van der Waals surface area (Å²) in [6, 6.07) is 0. The molecule has 0 bridgehead atoms. The van der Waals surface area contributed by atoms with Crippen LogP contribution in [0.2, 0.25) is 0 Å². The van der Waals surface area contributed by atoms with Gasteiger partial charge in [0, 0.05) is 20.3 Å². The SMILES string of the molecule is CNC(=O)CN(C)c1ncncc1I. The lowest BCUT2D eigenvalue weighted by Gasteiger charge is -2.17. The molecule has 1 rings (SSSR count). The van der Waals surface area contributed by atoms with Gasteiger partial charge in [-0.2, -0.15) is 0 Å². The first-order valence-corrected chi connectivity index (χ1v) is 5.10. The van der Waals surface area contributed by atoms with E-state index >= 15 is 0 Å². The third-order valence-electron chi connectivity index (χ3n) is 1.67. The Labute approximate surface area is 96.1 Å². The number of anilines is 1. The number of carbonyl (C=O) groups excluding carboxylic acids is 1. The van der Waals surface area contributed by atoms with Gasteiger partial charge in [-0.3, -0.25) is 4.79 Å². The third kappa shape index (κ3) is 2.79. The minimum absolute atomic E-state index is 0.0399. The molecule has 1 amide bonds. The van der Waals surface area contributed by atoms with E-state index in [-0.39, 0.29) is 5.91 Å². The molecule has 76 valence electrons. The molecule has 1 heterocycles. The minimum Gasteiger partial charge on any atom is -0.358 e. The van der Waals surface area contributed by atoms with Crippen molar-refractivity contribution in [3.05, 3.63) is 16.1 Å². The maximum atomic E-state index is 11.1. The molecule has 0 unspecified atom stereocenters. The molecule has 0 radical (unpaired) electrons. The van der Waals surface area contributed by atoms with Crippen molar-refractivity contribution in [3.8, 4) is 0 Å². The van der Waals surface area contributed by atoms with Crippen LogP contribution in [0.5, 0.6) is 0 Å². The zero-order valence-corrected chi connectivity index (χ0v) is 10.1. The lowest BCUT2D eigenvalue weighted by atomic mass is 10.4. The first-order chi connectivity index (χ1) is 6.65. The summed E-state index contributed by atoms with van der Waals surface area (Å²) < 4.78 is 0.927. The van der Waals surface area contributed by atoms with Crippen LogP contribution in [0.1, 0.15) is 0 Å². The Morgan fingerprint density at radius 1 is 1.71 bits per heavy atom. The largest absolute Gasteiger partial charge is 0.358 e. The number of carbonyl (C=O) groups is 1. The molecule has 6 heteroatoms. The molecule has 5 nitrogen and oxygen atoms in total. The van der Waals surface area contributed by atoms with E-state index in [9.17, 15) is 4.79 Å². The Morgan fingerprint density at radius 3 is 3.00 bits per heavy atom. The van der Waals surface area contributed by atoms with Crippen LogP contribution in [-0.2, 0) is 4.79 Å². The predicted molar refractivity (Wildman–Crippen MR) is 62.1 cm³/mol. The minimum atomic E-state index is -0.0399. The van der Waals surface area contributed by atoms with Gasteiger partial charge in [-0.15, -0.1) is 0 Å². The van der Waals surface area contributed by atoms with Gasteiger partial charge in [-0.05, 0) is 22.6 Å². The summed E-state index contributed by atoms with van der Waals surface area (Å²) in [5, 5.41) is 2.56. The van der Waals surface area contributed by atoms with E-state index in [1.165, 1.54) is 6.33 Å². The average molecular weight is 306 g/mol. The van der Waals surface area contributed by atoms with E-state index in [0.717, 1.165) is 9.39 Å². The summed E-state index contributed by atoms with van der Waals surface area (Å²) in [6.45, 7) is 0.295. The summed E-state index contributed by atoms with van der Waals surface area (Å²) in [6.07, 6.45) is 3.18. The third-order valence-corrected chi connectivity index (χ3v) is 2.43. The van der Waals surface area contributed by atoms with Gasteiger partial charge in [0.15, 0.2) is 0 Å². The van der Waals surface area contributed by atoms with Crippen LogP contribution in [0, 0.1) is 3.57 Å². The molecule has 0 aliphatic heterocycles. The summed E-state index contributed by atoms with van der Waals surface area (Å²) in [4.78, 5) is 20.9. The Kier molecular flexibility index (Phi) is 4.05. The molecule has 0 fully saturated rings. The maximum Gasteiger partial charge on any atom is 0.239 e. The highest BCUT2D eigenvalue weighted by atomic mass is 127. The second-order valence-corrected chi connectivity index (χ2v) is 3.89. The van der Waals surface area contributed by atoms with Gasteiger partial charge in [0.05, 0.1) is 10.1 Å². The summed E-state index contributed by atoms with van der Waals surface area (Å²) in [7, 11) is 3.43.